The number of aliphatic hydroxyl groups excluding tert-OH is 1. The standard InChI is InChI=1S/C14H15F3N2O/c1-3-11-8-12(19(2)18-11)13(20)9-5-4-6-10(7-9)14(15,16)17/h4-8,13,20H,3H2,1-2H3. The van der Waals surface area contributed by atoms with Crippen molar-refractivity contribution in [3.8, 4) is 0 Å². The number of aryl methyl sites for hydroxylation is 2. The van der Waals surface area contributed by atoms with Gasteiger partial charge in [0.15, 0.2) is 0 Å². The van der Waals surface area contributed by atoms with Gasteiger partial charge in [0, 0.05) is 7.05 Å². The molecular formula is C14H15F3N2O. The molecule has 3 nitrogen and oxygen atoms in total. The number of aliphatic hydroxyl groups is 1. The van der Waals surface area contributed by atoms with Gasteiger partial charge in [0.25, 0.3) is 0 Å². The third-order valence-electron chi connectivity index (χ3n) is 3.14. The summed E-state index contributed by atoms with van der Waals surface area (Å²) in [4.78, 5) is 0. The molecule has 1 N–H and O–H groups in total. The summed E-state index contributed by atoms with van der Waals surface area (Å²) in [6, 6.07) is 6.40. The minimum absolute atomic E-state index is 0.200. The summed E-state index contributed by atoms with van der Waals surface area (Å²) in [5, 5.41) is 14.4. The van der Waals surface area contributed by atoms with Crippen LogP contribution in [0.2, 0.25) is 0 Å². The second kappa shape index (κ2) is 5.28. The Morgan fingerprint density at radius 3 is 2.55 bits per heavy atom. The Bertz CT molecular complexity index is 605. The van der Waals surface area contributed by atoms with Crippen molar-refractivity contribution in [3.05, 3.63) is 52.8 Å². The van der Waals surface area contributed by atoms with Crippen molar-refractivity contribution in [3.63, 3.8) is 0 Å². The Kier molecular flexibility index (Phi) is 3.85. The molecule has 20 heavy (non-hydrogen) atoms. The number of hydrogen-bond donors (Lipinski definition) is 1. The lowest BCUT2D eigenvalue weighted by Crippen LogP contribution is -2.09. The van der Waals surface area contributed by atoms with Gasteiger partial charge < -0.3 is 5.11 Å². The monoisotopic (exact) mass is 284 g/mol. The van der Waals surface area contributed by atoms with E-state index in [9.17, 15) is 18.3 Å². The number of nitrogens with zero attached hydrogens (tertiary/aromatic N) is 2. The highest BCUT2D eigenvalue weighted by molar-refractivity contribution is 5.32. The highest BCUT2D eigenvalue weighted by Gasteiger charge is 2.31. The van der Waals surface area contributed by atoms with E-state index in [4.69, 9.17) is 0 Å². The lowest BCUT2D eigenvalue weighted by atomic mass is 10.0. The number of halogens is 3. The number of alkyl halides is 3. The smallest absolute Gasteiger partial charge is 0.382 e. The van der Waals surface area contributed by atoms with Gasteiger partial charge in [0.05, 0.1) is 17.0 Å². The molecule has 0 fully saturated rings. The van der Waals surface area contributed by atoms with Crippen LogP contribution in [0.5, 0.6) is 0 Å². The molecule has 1 aromatic heterocycles. The van der Waals surface area contributed by atoms with Crippen molar-refractivity contribution in [2.75, 3.05) is 0 Å². The molecule has 0 amide bonds. The predicted molar refractivity (Wildman–Crippen MR) is 68.1 cm³/mol. The van der Waals surface area contributed by atoms with E-state index in [0.29, 0.717) is 12.1 Å². The molecule has 6 heteroatoms. The Morgan fingerprint density at radius 2 is 2.00 bits per heavy atom. The van der Waals surface area contributed by atoms with Crippen LogP contribution < -0.4 is 0 Å². The third-order valence-corrected chi connectivity index (χ3v) is 3.14. The molecule has 0 aliphatic carbocycles. The summed E-state index contributed by atoms with van der Waals surface area (Å²) in [5.74, 6) is 0. The van der Waals surface area contributed by atoms with Crippen molar-refractivity contribution in [2.24, 2.45) is 7.05 Å². The Balaban J connectivity index is 2.38. The van der Waals surface area contributed by atoms with Crippen molar-refractivity contribution < 1.29 is 18.3 Å². The minimum Gasteiger partial charge on any atom is -0.382 e. The van der Waals surface area contributed by atoms with Gasteiger partial charge in [0.1, 0.15) is 6.10 Å². The van der Waals surface area contributed by atoms with E-state index < -0.39 is 17.8 Å². The lowest BCUT2D eigenvalue weighted by Gasteiger charge is -2.13. The highest BCUT2D eigenvalue weighted by atomic mass is 19.4. The van der Waals surface area contributed by atoms with Crippen LogP contribution in [0.3, 0.4) is 0 Å². The van der Waals surface area contributed by atoms with Crippen LogP contribution in [0.4, 0.5) is 13.2 Å². The maximum Gasteiger partial charge on any atom is 0.416 e. The van der Waals surface area contributed by atoms with E-state index >= 15 is 0 Å². The number of aromatic nitrogens is 2. The summed E-state index contributed by atoms with van der Waals surface area (Å²) < 4.78 is 39.5. The van der Waals surface area contributed by atoms with Crippen molar-refractivity contribution >= 4 is 0 Å². The van der Waals surface area contributed by atoms with Crippen LogP contribution >= 0.6 is 0 Å². The van der Waals surface area contributed by atoms with Gasteiger partial charge in [0.2, 0.25) is 0 Å². The Hall–Kier alpha value is -1.82. The normalized spacial score (nSPS) is 13.5. The average molecular weight is 284 g/mol. The average Bonchev–Trinajstić information content (AvgIpc) is 2.78. The third kappa shape index (κ3) is 2.85. The Labute approximate surface area is 114 Å². The second-order valence-corrected chi connectivity index (χ2v) is 4.56. The van der Waals surface area contributed by atoms with Gasteiger partial charge in [-0.15, -0.1) is 0 Å². The molecule has 0 radical (unpaired) electrons. The zero-order valence-corrected chi connectivity index (χ0v) is 11.1. The van der Waals surface area contributed by atoms with Crippen molar-refractivity contribution in [2.45, 2.75) is 25.6 Å². The summed E-state index contributed by atoms with van der Waals surface area (Å²) in [6.45, 7) is 1.92. The topological polar surface area (TPSA) is 38.0 Å². The molecule has 0 aliphatic heterocycles. The van der Waals surface area contributed by atoms with Gasteiger partial charge in [-0.25, -0.2) is 0 Å². The summed E-state index contributed by atoms with van der Waals surface area (Å²) in [7, 11) is 1.66. The molecule has 108 valence electrons. The molecule has 1 heterocycles. The first-order valence-corrected chi connectivity index (χ1v) is 6.21. The van der Waals surface area contributed by atoms with Gasteiger partial charge in [-0.1, -0.05) is 19.1 Å². The van der Waals surface area contributed by atoms with Gasteiger partial charge in [-0.2, -0.15) is 18.3 Å². The number of hydrogen-bond acceptors (Lipinski definition) is 2. The fraction of sp³-hybridized carbons (Fsp3) is 0.357. The molecule has 1 unspecified atom stereocenters. The molecule has 2 aromatic rings. The maximum atomic E-state index is 12.7. The van der Waals surface area contributed by atoms with Crippen LogP contribution in [0.1, 0.15) is 35.5 Å². The van der Waals surface area contributed by atoms with Crippen LogP contribution in [0.15, 0.2) is 30.3 Å². The van der Waals surface area contributed by atoms with Gasteiger partial charge in [-0.3, -0.25) is 4.68 Å². The summed E-state index contributed by atoms with van der Waals surface area (Å²) >= 11 is 0. The molecule has 0 saturated carbocycles. The minimum atomic E-state index is -4.42. The molecule has 0 saturated heterocycles. The molecule has 1 aromatic carbocycles. The lowest BCUT2D eigenvalue weighted by molar-refractivity contribution is -0.137. The van der Waals surface area contributed by atoms with E-state index in [1.807, 2.05) is 6.92 Å². The van der Waals surface area contributed by atoms with Crippen LogP contribution in [-0.2, 0) is 19.6 Å². The van der Waals surface area contributed by atoms with E-state index in [1.165, 1.54) is 16.8 Å². The predicted octanol–water partition coefficient (Wildman–Crippen LogP) is 3.08. The van der Waals surface area contributed by atoms with E-state index in [1.54, 1.807) is 13.1 Å². The summed E-state index contributed by atoms with van der Waals surface area (Å²) in [6.07, 6.45) is -4.85. The molecular weight excluding hydrogens is 269 g/mol. The fourth-order valence-corrected chi connectivity index (χ4v) is 2.03. The van der Waals surface area contributed by atoms with Gasteiger partial charge in [-0.05, 0) is 30.2 Å². The second-order valence-electron chi connectivity index (χ2n) is 4.56. The fourth-order valence-electron chi connectivity index (χ4n) is 2.03. The molecule has 2 rings (SSSR count). The molecule has 0 aliphatic rings. The maximum absolute atomic E-state index is 12.7. The molecule has 0 spiro atoms. The van der Waals surface area contributed by atoms with Gasteiger partial charge >= 0.3 is 6.18 Å². The zero-order valence-electron chi connectivity index (χ0n) is 11.1. The first kappa shape index (κ1) is 14.6. The largest absolute Gasteiger partial charge is 0.416 e. The highest BCUT2D eigenvalue weighted by Crippen LogP contribution is 2.32. The molecule has 1 atom stereocenters. The SMILES string of the molecule is CCc1cc(C(O)c2cccc(C(F)(F)F)c2)n(C)n1. The Morgan fingerprint density at radius 1 is 1.30 bits per heavy atom. The number of benzene rings is 1. The molecule has 0 bridgehead atoms. The first-order chi connectivity index (χ1) is 9.32. The van der Waals surface area contributed by atoms with Crippen LogP contribution in [0, 0.1) is 0 Å². The van der Waals surface area contributed by atoms with Crippen molar-refractivity contribution in [1.29, 1.82) is 0 Å². The van der Waals surface area contributed by atoms with E-state index in [-0.39, 0.29) is 5.56 Å². The van der Waals surface area contributed by atoms with E-state index in [0.717, 1.165) is 17.8 Å². The number of rotatable bonds is 3. The zero-order chi connectivity index (χ0) is 14.9. The van der Waals surface area contributed by atoms with E-state index in [2.05, 4.69) is 5.10 Å². The summed E-state index contributed by atoms with van der Waals surface area (Å²) in [5.41, 5.74) is 0.687. The van der Waals surface area contributed by atoms with Crippen LogP contribution in [-0.4, -0.2) is 14.9 Å². The van der Waals surface area contributed by atoms with Crippen molar-refractivity contribution in [1.82, 2.24) is 9.78 Å². The quantitative estimate of drug-likeness (QED) is 0.940. The first-order valence-electron chi connectivity index (χ1n) is 6.21. The van der Waals surface area contributed by atoms with Crippen LogP contribution in [0.25, 0.3) is 0 Å².